The molecule has 0 aromatic heterocycles. The summed E-state index contributed by atoms with van der Waals surface area (Å²) >= 11 is 0. The van der Waals surface area contributed by atoms with Crippen molar-refractivity contribution in [3.63, 3.8) is 0 Å². The highest BCUT2D eigenvalue weighted by atomic mass is 16.7. The lowest BCUT2D eigenvalue weighted by molar-refractivity contribution is -0.311. The number of carboxylic acids is 1. The topological polar surface area (TPSA) is 126 Å². The smallest absolute Gasteiger partial charge is 0.303 e. The van der Waals surface area contributed by atoms with Crippen LogP contribution >= 0.6 is 0 Å². The molecule has 1 aliphatic heterocycles. The van der Waals surface area contributed by atoms with Crippen LogP contribution in [0, 0.1) is 0 Å². The first-order chi connectivity index (χ1) is 15.9. The van der Waals surface area contributed by atoms with Crippen LogP contribution in [-0.2, 0) is 19.0 Å². The molecule has 0 aliphatic carbocycles. The maximum absolute atomic E-state index is 10.5. The lowest BCUT2D eigenvalue weighted by atomic mass is 9.99. The number of hydrogen-bond acceptors (Lipinski definition) is 7. The van der Waals surface area contributed by atoms with E-state index in [0.29, 0.717) is 6.42 Å². The zero-order chi connectivity index (χ0) is 24.5. The summed E-state index contributed by atoms with van der Waals surface area (Å²) in [5, 5.41) is 39.0. The summed E-state index contributed by atoms with van der Waals surface area (Å²) in [6, 6.07) is 0. The molecule has 1 rings (SSSR count). The molecule has 0 spiro atoms. The van der Waals surface area contributed by atoms with Gasteiger partial charge in [-0.3, -0.25) is 4.79 Å². The number of methoxy groups -OCH3 is 1. The number of hydrogen-bond donors (Lipinski definition) is 4. The molecular formula is C25H44O8. The standard InChI is InChI=1S/C25H44O8/c1-3-4-5-9-12-15-19(16-13-10-7-6-8-11-14-17-21(27)28)32-25-23(30)22(29)24(31-2)20(18-26)33-25/h7,10,13,16,19-20,22-26,29-30H,3-6,8-9,11-12,14-15,17-18H2,1-2H3,(H,27,28)/b10-7+,16-13+/t19?,20-,22-,23-,24-,25-/m1/s1. The summed E-state index contributed by atoms with van der Waals surface area (Å²) in [6.07, 6.45) is 12.3. The number of aliphatic hydroxyl groups excluding tert-OH is 3. The summed E-state index contributed by atoms with van der Waals surface area (Å²) in [5.74, 6) is -0.753. The summed E-state index contributed by atoms with van der Waals surface area (Å²) in [5.41, 5.74) is 0. The molecule has 1 fully saturated rings. The molecule has 8 nitrogen and oxygen atoms in total. The maximum atomic E-state index is 10.5. The average Bonchev–Trinajstić information content (AvgIpc) is 2.80. The van der Waals surface area contributed by atoms with Gasteiger partial charge >= 0.3 is 5.97 Å². The molecule has 4 N–H and O–H groups in total. The SMILES string of the molecule is CCCCCCCC(/C=C/C=C/CCCCCC(=O)O)O[C@@H]1O[C@H](CO)[C@@H](OC)[C@H](O)[C@H]1O. The Balaban J connectivity index is 2.61. The monoisotopic (exact) mass is 472 g/mol. The van der Waals surface area contributed by atoms with Crippen LogP contribution in [0.25, 0.3) is 0 Å². The third-order valence-electron chi connectivity index (χ3n) is 5.83. The van der Waals surface area contributed by atoms with Crippen molar-refractivity contribution in [2.45, 2.75) is 114 Å². The van der Waals surface area contributed by atoms with Crippen molar-refractivity contribution in [1.82, 2.24) is 0 Å². The van der Waals surface area contributed by atoms with Crippen LogP contribution in [0.3, 0.4) is 0 Å². The van der Waals surface area contributed by atoms with E-state index in [2.05, 4.69) is 6.92 Å². The van der Waals surface area contributed by atoms with Crippen molar-refractivity contribution in [2.24, 2.45) is 0 Å². The van der Waals surface area contributed by atoms with Crippen molar-refractivity contribution in [3.05, 3.63) is 24.3 Å². The molecule has 8 heteroatoms. The second-order valence-corrected chi connectivity index (χ2v) is 8.59. The average molecular weight is 473 g/mol. The molecule has 1 aliphatic rings. The van der Waals surface area contributed by atoms with Gasteiger partial charge in [0.05, 0.1) is 12.7 Å². The van der Waals surface area contributed by atoms with Gasteiger partial charge in [-0.1, -0.05) is 69.8 Å². The zero-order valence-electron chi connectivity index (χ0n) is 20.2. The third-order valence-corrected chi connectivity index (χ3v) is 5.83. The lowest BCUT2D eigenvalue weighted by Gasteiger charge is -2.42. The van der Waals surface area contributed by atoms with Crippen LogP contribution in [0.4, 0.5) is 0 Å². The maximum Gasteiger partial charge on any atom is 0.303 e. The molecule has 0 aromatic carbocycles. The fourth-order valence-electron chi connectivity index (χ4n) is 3.87. The number of rotatable bonds is 18. The van der Waals surface area contributed by atoms with Crippen LogP contribution in [0.15, 0.2) is 24.3 Å². The predicted octanol–water partition coefficient (Wildman–Crippen LogP) is 3.33. The van der Waals surface area contributed by atoms with Gasteiger partial charge in [-0.15, -0.1) is 0 Å². The van der Waals surface area contributed by atoms with Gasteiger partial charge in [0.2, 0.25) is 0 Å². The summed E-state index contributed by atoms with van der Waals surface area (Å²) in [6.45, 7) is 1.82. The number of allylic oxidation sites excluding steroid dienone is 3. The summed E-state index contributed by atoms with van der Waals surface area (Å²) in [4.78, 5) is 10.5. The Morgan fingerprint density at radius 3 is 2.42 bits per heavy atom. The minimum Gasteiger partial charge on any atom is -0.481 e. The van der Waals surface area contributed by atoms with E-state index < -0.39 is 36.7 Å². The van der Waals surface area contributed by atoms with E-state index in [-0.39, 0.29) is 19.1 Å². The molecule has 0 radical (unpaired) electrons. The van der Waals surface area contributed by atoms with Crippen molar-refractivity contribution >= 4 is 5.97 Å². The number of ether oxygens (including phenoxy) is 3. The van der Waals surface area contributed by atoms with Gasteiger partial charge in [0.15, 0.2) is 6.29 Å². The van der Waals surface area contributed by atoms with Crippen LogP contribution < -0.4 is 0 Å². The number of carboxylic acid groups (broad SMARTS) is 1. The van der Waals surface area contributed by atoms with E-state index in [4.69, 9.17) is 19.3 Å². The molecule has 0 saturated carbocycles. The fraction of sp³-hybridized carbons (Fsp3) is 0.800. The Labute approximate surface area is 198 Å². The van der Waals surface area contributed by atoms with E-state index in [1.807, 2.05) is 24.3 Å². The minimum absolute atomic E-state index is 0.215. The Morgan fingerprint density at radius 2 is 1.76 bits per heavy atom. The highest BCUT2D eigenvalue weighted by Crippen LogP contribution is 2.26. The van der Waals surface area contributed by atoms with Crippen molar-refractivity contribution in [3.8, 4) is 0 Å². The summed E-state index contributed by atoms with van der Waals surface area (Å²) in [7, 11) is 1.40. The van der Waals surface area contributed by atoms with Gasteiger partial charge in [-0.05, 0) is 25.7 Å². The van der Waals surface area contributed by atoms with Gasteiger partial charge in [0, 0.05) is 13.5 Å². The molecule has 0 amide bonds. The van der Waals surface area contributed by atoms with Gasteiger partial charge in [-0.2, -0.15) is 0 Å². The third kappa shape index (κ3) is 12.1. The van der Waals surface area contributed by atoms with E-state index in [1.54, 1.807) is 0 Å². The second kappa shape index (κ2) is 18.1. The molecule has 1 unspecified atom stereocenters. The fourth-order valence-corrected chi connectivity index (χ4v) is 3.87. The van der Waals surface area contributed by atoms with Crippen molar-refractivity contribution in [2.75, 3.05) is 13.7 Å². The Morgan fingerprint density at radius 1 is 1.03 bits per heavy atom. The molecule has 33 heavy (non-hydrogen) atoms. The predicted molar refractivity (Wildman–Crippen MR) is 126 cm³/mol. The van der Waals surface area contributed by atoms with Crippen molar-refractivity contribution < 1.29 is 39.4 Å². The highest BCUT2D eigenvalue weighted by Gasteiger charge is 2.45. The first kappa shape index (κ1) is 29.7. The van der Waals surface area contributed by atoms with Crippen LogP contribution in [0.2, 0.25) is 0 Å². The van der Waals surface area contributed by atoms with Crippen LogP contribution in [0.1, 0.15) is 77.6 Å². The number of aliphatic hydroxyl groups is 3. The Kier molecular flexibility index (Phi) is 16.3. The lowest BCUT2D eigenvalue weighted by Crippen LogP contribution is -2.60. The molecule has 1 saturated heterocycles. The Bertz CT molecular complexity index is 563. The molecular weight excluding hydrogens is 428 g/mol. The normalized spacial score (nSPS) is 26.9. The van der Waals surface area contributed by atoms with E-state index in [1.165, 1.54) is 20.0 Å². The molecule has 0 aromatic rings. The quantitative estimate of drug-likeness (QED) is 0.177. The van der Waals surface area contributed by atoms with Crippen LogP contribution in [0.5, 0.6) is 0 Å². The van der Waals surface area contributed by atoms with Gasteiger partial charge in [0.25, 0.3) is 0 Å². The van der Waals surface area contributed by atoms with Gasteiger partial charge < -0.3 is 34.6 Å². The molecule has 1 heterocycles. The van der Waals surface area contributed by atoms with Gasteiger partial charge in [-0.25, -0.2) is 0 Å². The van der Waals surface area contributed by atoms with E-state index >= 15 is 0 Å². The molecule has 0 bridgehead atoms. The van der Waals surface area contributed by atoms with E-state index in [9.17, 15) is 20.1 Å². The Hall–Kier alpha value is -1.29. The largest absolute Gasteiger partial charge is 0.481 e. The minimum atomic E-state index is -1.28. The first-order valence-electron chi connectivity index (χ1n) is 12.3. The number of unbranched alkanes of at least 4 members (excludes halogenated alkanes) is 7. The van der Waals surface area contributed by atoms with E-state index in [0.717, 1.165) is 44.9 Å². The number of carbonyl (C=O) groups is 1. The summed E-state index contributed by atoms with van der Waals surface area (Å²) < 4.78 is 16.9. The second-order valence-electron chi connectivity index (χ2n) is 8.59. The van der Waals surface area contributed by atoms with Crippen molar-refractivity contribution in [1.29, 1.82) is 0 Å². The molecule has 6 atom stereocenters. The molecule has 192 valence electrons. The first-order valence-corrected chi connectivity index (χ1v) is 12.3. The van der Waals surface area contributed by atoms with Crippen LogP contribution in [-0.4, -0.2) is 76.9 Å². The highest BCUT2D eigenvalue weighted by molar-refractivity contribution is 5.66. The van der Waals surface area contributed by atoms with Gasteiger partial charge in [0.1, 0.15) is 24.4 Å². The zero-order valence-corrected chi connectivity index (χ0v) is 20.2. The number of aliphatic carboxylic acids is 1.